The highest BCUT2D eigenvalue weighted by atomic mass is 32.2. The Bertz CT molecular complexity index is 571. The Morgan fingerprint density at radius 1 is 1.52 bits per heavy atom. The Morgan fingerprint density at radius 2 is 2.33 bits per heavy atom. The first-order valence-electron chi connectivity index (χ1n) is 6.84. The minimum absolute atomic E-state index is 0.00276. The maximum atomic E-state index is 12.4. The number of hydrogen-bond donors (Lipinski definition) is 2. The first kappa shape index (κ1) is 16.2. The molecule has 0 saturated carbocycles. The van der Waals surface area contributed by atoms with Crippen molar-refractivity contribution in [2.45, 2.75) is 24.0 Å². The third kappa shape index (κ3) is 3.70. The third-order valence-corrected chi connectivity index (χ3v) is 4.84. The van der Waals surface area contributed by atoms with E-state index in [2.05, 4.69) is 15.0 Å². The highest BCUT2D eigenvalue weighted by Crippen LogP contribution is 2.23. The molecule has 1 unspecified atom stereocenters. The quantitative estimate of drug-likeness (QED) is 0.766. The molecule has 1 saturated heterocycles. The van der Waals surface area contributed by atoms with Gasteiger partial charge in [-0.2, -0.15) is 0 Å². The zero-order valence-corrected chi connectivity index (χ0v) is 13.1. The maximum absolute atomic E-state index is 12.4. The van der Waals surface area contributed by atoms with E-state index < -0.39 is 15.6 Å². The second-order valence-electron chi connectivity index (χ2n) is 4.90. The summed E-state index contributed by atoms with van der Waals surface area (Å²) in [6.45, 7) is 3.63. The Kier molecular flexibility index (Phi) is 5.15. The molecule has 21 heavy (non-hydrogen) atoms. The summed E-state index contributed by atoms with van der Waals surface area (Å²) < 4.78 is 38.2. The Balaban J connectivity index is 2.15. The number of anilines is 1. The van der Waals surface area contributed by atoms with Gasteiger partial charge in [-0.1, -0.05) is 0 Å². The van der Waals surface area contributed by atoms with Crippen LogP contribution in [0.15, 0.2) is 23.4 Å². The van der Waals surface area contributed by atoms with Crippen molar-refractivity contribution in [1.29, 1.82) is 0 Å². The Hall–Kier alpha value is -1.22. The van der Waals surface area contributed by atoms with Crippen LogP contribution >= 0.6 is 0 Å². The van der Waals surface area contributed by atoms with Crippen LogP contribution in [-0.4, -0.2) is 52.4 Å². The molecule has 2 heterocycles. The molecule has 2 rings (SSSR count). The van der Waals surface area contributed by atoms with Crippen LogP contribution in [0.5, 0.6) is 0 Å². The van der Waals surface area contributed by atoms with E-state index in [0.717, 1.165) is 0 Å². The van der Waals surface area contributed by atoms with Gasteiger partial charge < -0.3 is 14.8 Å². The molecular weight excluding hydrogens is 294 g/mol. The van der Waals surface area contributed by atoms with E-state index in [0.29, 0.717) is 31.9 Å². The van der Waals surface area contributed by atoms with Gasteiger partial charge in [-0.25, -0.2) is 18.1 Å². The normalized spacial score (nSPS) is 22.4. The molecular formula is C13H21N3O4S. The SMILES string of the molecule is CCNc1cccnc1S(=O)(=O)NCC1(OC)CCOC1. The van der Waals surface area contributed by atoms with Gasteiger partial charge in [0.2, 0.25) is 0 Å². The molecule has 1 aliphatic rings. The number of ether oxygens (including phenoxy) is 2. The number of nitrogens with zero attached hydrogens (tertiary/aromatic N) is 1. The number of methoxy groups -OCH3 is 1. The topological polar surface area (TPSA) is 89.6 Å². The highest BCUT2D eigenvalue weighted by Gasteiger charge is 2.36. The first-order chi connectivity index (χ1) is 10.0. The van der Waals surface area contributed by atoms with Gasteiger partial charge in [0.15, 0.2) is 5.03 Å². The predicted molar refractivity (Wildman–Crippen MR) is 78.8 cm³/mol. The summed E-state index contributed by atoms with van der Waals surface area (Å²) in [4.78, 5) is 3.98. The Labute approximate surface area is 125 Å². The molecule has 1 fully saturated rings. The summed E-state index contributed by atoms with van der Waals surface area (Å²) in [6, 6.07) is 3.38. The van der Waals surface area contributed by atoms with Crippen LogP contribution in [0.4, 0.5) is 5.69 Å². The van der Waals surface area contributed by atoms with Gasteiger partial charge in [0, 0.05) is 39.4 Å². The molecule has 7 nitrogen and oxygen atoms in total. The standard InChI is InChI=1S/C13H21N3O4S/c1-3-14-11-5-4-7-15-12(11)21(17,18)16-9-13(19-2)6-8-20-10-13/h4-5,7,14,16H,3,6,8-10H2,1-2H3. The number of nitrogens with one attached hydrogen (secondary N) is 2. The smallest absolute Gasteiger partial charge is 0.260 e. The average molecular weight is 315 g/mol. The van der Waals surface area contributed by atoms with Crippen molar-refractivity contribution >= 4 is 15.7 Å². The van der Waals surface area contributed by atoms with E-state index in [9.17, 15) is 8.42 Å². The van der Waals surface area contributed by atoms with Crippen LogP contribution < -0.4 is 10.0 Å². The van der Waals surface area contributed by atoms with Gasteiger partial charge >= 0.3 is 0 Å². The molecule has 1 aromatic rings. The van der Waals surface area contributed by atoms with Crippen molar-refractivity contribution < 1.29 is 17.9 Å². The van der Waals surface area contributed by atoms with Gasteiger partial charge in [0.05, 0.1) is 12.3 Å². The van der Waals surface area contributed by atoms with E-state index in [4.69, 9.17) is 9.47 Å². The molecule has 118 valence electrons. The number of rotatable bonds is 7. The second kappa shape index (κ2) is 6.69. The van der Waals surface area contributed by atoms with E-state index in [1.165, 1.54) is 6.20 Å². The van der Waals surface area contributed by atoms with Crippen LogP contribution in [0.2, 0.25) is 0 Å². The number of aromatic nitrogens is 1. The summed E-state index contributed by atoms with van der Waals surface area (Å²) in [5.74, 6) is 0. The first-order valence-corrected chi connectivity index (χ1v) is 8.33. The fourth-order valence-corrected chi connectivity index (χ4v) is 3.41. The van der Waals surface area contributed by atoms with E-state index >= 15 is 0 Å². The van der Waals surface area contributed by atoms with Crippen molar-refractivity contribution in [2.24, 2.45) is 0 Å². The molecule has 8 heteroatoms. The lowest BCUT2D eigenvalue weighted by Gasteiger charge is -2.25. The van der Waals surface area contributed by atoms with Crippen LogP contribution in [0, 0.1) is 0 Å². The highest BCUT2D eigenvalue weighted by molar-refractivity contribution is 7.89. The van der Waals surface area contributed by atoms with E-state index in [1.807, 2.05) is 6.92 Å². The monoisotopic (exact) mass is 315 g/mol. The van der Waals surface area contributed by atoms with Crippen molar-refractivity contribution in [3.8, 4) is 0 Å². The van der Waals surface area contributed by atoms with Crippen molar-refractivity contribution in [2.75, 3.05) is 38.7 Å². The fraction of sp³-hybridized carbons (Fsp3) is 0.615. The molecule has 0 spiro atoms. The van der Waals surface area contributed by atoms with E-state index in [1.54, 1.807) is 19.2 Å². The lowest BCUT2D eigenvalue weighted by molar-refractivity contribution is -0.0120. The van der Waals surface area contributed by atoms with Crippen LogP contribution in [-0.2, 0) is 19.5 Å². The van der Waals surface area contributed by atoms with E-state index in [-0.39, 0.29) is 11.6 Å². The summed E-state index contributed by atoms with van der Waals surface area (Å²) in [7, 11) is -2.14. The summed E-state index contributed by atoms with van der Waals surface area (Å²) in [5.41, 5.74) is -0.109. The largest absolute Gasteiger partial charge is 0.383 e. The molecule has 0 radical (unpaired) electrons. The molecule has 2 N–H and O–H groups in total. The molecule has 0 amide bonds. The predicted octanol–water partition coefficient (Wildman–Crippen LogP) is 0.597. The summed E-state index contributed by atoms with van der Waals surface area (Å²) in [6.07, 6.45) is 2.12. The zero-order valence-electron chi connectivity index (χ0n) is 12.3. The number of pyridine rings is 1. The summed E-state index contributed by atoms with van der Waals surface area (Å²) >= 11 is 0. The van der Waals surface area contributed by atoms with Gasteiger partial charge in [-0.05, 0) is 19.1 Å². The molecule has 0 aliphatic carbocycles. The lowest BCUT2D eigenvalue weighted by atomic mass is 10.0. The maximum Gasteiger partial charge on any atom is 0.260 e. The minimum atomic E-state index is -3.71. The molecule has 1 atom stereocenters. The molecule has 1 aromatic heterocycles. The molecule has 1 aliphatic heterocycles. The van der Waals surface area contributed by atoms with Crippen LogP contribution in [0.1, 0.15) is 13.3 Å². The van der Waals surface area contributed by atoms with Crippen molar-refractivity contribution in [3.05, 3.63) is 18.3 Å². The van der Waals surface area contributed by atoms with Gasteiger partial charge in [0.1, 0.15) is 5.60 Å². The van der Waals surface area contributed by atoms with Crippen molar-refractivity contribution in [1.82, 2.24) is 9.71 Å². The van der Waals surface area contributed by atoms with Gasteiger partial charge in [-0.3, -0.25) is 0 Å². The summed E-state index contributed by atoms with van der Waals surface area (Å²) in [5, 5.41) is 2.99. The zero-order chi connectivity index (χ0) is 15.3. The molecule has 0 bridgehead atoms. The van der Waals surface area contributed by atoms with Crippen molar-refractivity contribution in [3.63, 3.8) is 0 Å². The molecule has 0 aromatic carbocycles. The van der Waals surface area contributed by atoms with Crippen LogP contribution in [0.3, 0.4) is 0 Å². The number of sulfonamides is 1. The number of hydrogen-bond acceptors (Lipinski definition) is 6. The second-order valence-corrected chi connectivity index (χ2v) is 6.58. The van der Waals surface area contributed by atoms with Crippen LogP contribution in [0.25, 0.3) is 0 Å². The van der Waals surface area contributed by atoms with Gasteiger partial charge in [-0.15, -0.1) is 0 Å². The average Bonchev–Trinajstić information content (AvgIpc) is 2.96. The lowest BCUT2D eigenvalue weighted by Crippen LogP contribution is -2.45. The minimum Gasteiger partial charge on any atom is -0.383 e. The Morgan fingerprint density at radius 3 is 2.95 bits per heavy atom. The third-order valence-electron chi connectivity index (χ3n) is 3.48. The van der Waals surface area contributed by atoms with Gasteiger partial charge in [0.25, 0.3) is 10.0 Å². The fourth-order valence-electron chi connectivity index (χ4n) is 2.19.